The smallest absolute Gasteiger partial charge is 0.331 e. The standard InChI is InChI=1S/C12H21NO2S/c1-2-11(12(14)15)3-6-13-9-10-4-7-16-8-5-10/h3,10,13H,2,4-9H2,1H3,(H,14,15). The van der Waals surface area contributed by atoms with Gasteiger partial charge in [0.1, 0.15) is 0 Å². The van der Waals surface area contributed by atoms with Gasteiger partial charge in [-0.2, -0.15) is 11.8 Å². The summed E-state index contributed by atoms with van der Waals surface area (Å²) in [6.45, 7) is 3.57. The second-order valence-corrected chi connectivity index (χ2v) is 5.33. The fourth-order valence-corrected chi connectivity index (χ4v) is 3.02. The highest BCUT2D eigenvalue weighted by atomic mass is 32.2. The quantitative estimate of drug-likeness (QED) is 0.554. The van der Waals surface area contributed by atoms with Crippen LogP contribution in [-0.2, 0) is 4.79 Å². The van der Waals surface area contributed by atoms with Crippen LogP contribution >= 0.6 is 11.8 Å². The first-order valence-electron chi connectivity index (χ1n) is 5.94. The summed E-state index contributed by atoms with van der Waals surface area (Å²) in [6, 6.07) is 0. The monoisotopic (exact) mass is 243 g/mol. The van der Waals surface area contributed by atoms with Crippen molar-refractivity contribution in [3.8, 4) is 0 Å². The van der Waals surface area contributed by atoms with Crippen LogP contribution in [0, 0.1) is 5.92 Å². The summed E-state index contributed by atoms with van der Waals surface area (Å²) in [4.78, 5) is 10.7. The molecular formula is C12H21NO2S. The molecule has 0 radical (unpaired) electrons. The van der Waals surface area contributed by atoms with Crippen molar-refractivity contribution in [2.45, 2.75) is 26.2 Å². The lowest BCUT2D eigenvalue weighted by atomic mass is 10.0. The van der Waals surface area contributed by atoms with E-state index in [0.29, 0.717) is 18.5 Å². The van der Waals surface area contributed by atoms with E-state index in [4.69, 9.17) is 5.11 Å². The van der Waals surface area contributed by atoms with Crippen LogP contribution in [0.3, 0.4) is 0 Å². The molecular weight excluding hydrogens is 222 g/mol. The van der Waals surface area contributed by atoms with Crippen molar-refractivity contribution in [2.75, 3.05) is 24.6 Å². The molecule has 1 aliphatic heterocycles. The van der Waals surface area contributed by atoms with Crippen molar-refractivity contribution in [3.63, 3.8) is 0 Å². The highest BCUT2D eigenvalue weighted by Crippen LogP contribution is 2.21. The summed E-state index contributed by atoms with van der Waals surface area (Å²) in [5, 5.41) is 12.1. The van der Waals surface area contributed by atoms with Crippen molar-refractivity contribution in [2.24, 2.45) is 5.92 Å². The third-order valence-electron chi connectivity index (χ3n) is 2.92. The van der Waals surface area contributed by atoms with Gasteiger partial charge in [-0.05, 0) is 43.2 Å². The predicted octanol–water partition coefficient (Wildman–Crippen LogP) is 2.14. The van der Waals surface area contributed by atoms with Crippen LogP contribution in [0.4, 0.5) is 0 Å². The molecule has 1 rings (SSSR count). The Kier molecular flexibility index (Phi) is 6.57. The molecule has 0 aromatic carbocycles. The minimum absolute atomic E-state index is 0.506. The Labute approximate surface area is 102 Å². The van der Waals surface area contributed by atoms with Gasteiger partial charge >= 0.3 is 5.97 Å². The number of hydrogen-bond acceptors (Lipinski definition) is 3. The molecule has 2 N–H and O–H groups in total. The van der Waals surface area contributed by atoms with E-state index in [1.54, 1.807) is 6.08 Å². The third-order valence-corrected chi connectivity index (χ3v) is 3.97. The summed E-state index contributed by atoms with van der Waals surface area (Å²) < 4.78 is 0. The molecule has 0 atom stereocenters. The zero-order valence-electron chi connectivity index (χ0n) is 9.87. The maximum absolute atomic E-state index is 10.7. The van der Waals surface area contributed by atoms with Crippen LogP contribution in [-0.4, -0.2) is 35.7 Å². The second kappa shape index (κ2) is 7.74. The zero-order chi connectivity index (χ0) is 11.8. The maximum atomic E-state index is 10.7. The lowest BCUT2D eigenvalue weighted by Crippen LogP contribution is -2.26. The van der Waals surface area contributed by atoms with Gasteiger partial charge in [-0.15, -0.1) is 0 Å². The number of carbonyl (C=O) groups is 1. The van der Waals surface area contributed by atoms with Gasteiger partial charge < -0.3 is 10.4 Å². The molecule has 1 aliphatic rings. The Hall–Kier alpha value is -0.480. The van der Waals surface area contributed by atoms with E-state index in [-0.39, 0.29) is 0 Å². The maximum Gasteiger partial charge on any atom is 0.331 e. The van der Waals surface area contributed by atoms with Crippen LogP contribution in [0.15, 0.2) is 11.6 Å². The predicted molar refractivity (Wildman–Crippen MR) is 68.9 cm³/mol. The summed E-state index contributed by atoms with van der Waals surface area (Å²) in [5.74, 6) is 2.54. The van der Waals surface area contributed by atoms with Crippen LogP contribution in [0.2, 0.25) is 0 Å². The highest BCUT2D eigenvalue weighted by Gasteiger charge is 2.12. The molecule has 0 saturated carbocycles. The molecule has 0 amide bonds. The summed E-state index contributed by atoms with van der Waals surface area (Å²) in [7, 11) is 0. The molecule has 1 saturated heterocycles. The topological polar surface area (TPSA) is 49.3 Å². The van der Waals surface area contributed by atoms with E-state index >= 15 is 0 Å². The van der Waals surface area contributed by atoms with Crippen molar-refractivity contribution in [1.82, 2.24) is 5.32 Å². The van der Waals surface area contributed by atoms with Crippen molar-refractivity contribution < 1.29 is 9.90 Å². The fourth-order valence-electron chi connectivity index (χ4n) is 1.82. The largest absolute Gasteiger partial charge is 0.478 e. The molecule has 0 unspecified atom stereocenters. The number of aliphatic carboxylic acids is 1. The zero-order valence-corrected chi connectivity index (χ0v) is 10.7. The Bertz CT molecular complexity index is 247. The molecule has 92 valence electrons. The van der Waals surface area contributed by atoms with Gasteiger partial charge in [0.2, 0.25) is 0 Å². The van der Waals surface area contributed by atoms with Gasteiger partial charge in [0.05, 0.1) is 0 Å². The number of carboxylic acid groups (broad SMARTS) is 1. The fraction of sp³-hybridized carbons (Fsp3) is 0.750. The van der Waals surface area contributed by atoms with E-state index < -0.39 is 5.97 Å². The molecule has 0 bridgehead atoms. The Morgan fingerprint density at radius 3 is 2.75 bits per heavy atom. The number of rotatable bonds is 6. The van der Waals surface area contributed by atoms with Gasteiger partial charge in [0.25, 0.3) is 0 Å². The number of carboxylic acids is 1. The first kappa shape index (κ1) is 13.6. The number of nitrogens with one attached hydrogen (secondary N) is 1. The lowest BCUT2D eigenvalue weighted by Gasteiger charge is -2.21. The molecule has 16 heavy (non-hydrogen) atoms. The molecule has 4 heteroatoms. The second-order valence-electron chi connectivity index (χ2n) is 4.10. The van der Waals surface area contributed by atoms with Crippen molar-refractivity contribution >= 4 is 17.7 Å². The van der Waals surface area contributed by atoms with Gasteiger partial charge in [-0.3, -0.25) is 0 Å². The summed E-state index contributed by atoms with van der Waals surface area (Å²) >= 11 is 2.03. The Balaban J connectivity index is 2.16. The first-order chi connectivity index (χ1) is 7.74. The molecule has 3 nitrogen and oxygen atoms in total. The van der Waals surface area contributed by atoms with E-state index in [1.807, 2.05) is 18.7 Å². The average Bonchev–Trinajstić information content (AvgIpc) is 2.30. The lowest BCUT2D eigenvalue weighted by molar-refractivity contribution is -0.132. The highest BCUT2D eigenvalue weighted by molar-refractivity contribution is 7.99. The van der Waals surface area contributed by atoms with Crippen LogP contribution < -0.4 is 5.32 Å². The Morgan fingerprint density at radius 1 is 1.50 bits per heavy atom. The van der Waals surface area contributed by atoms with E-state index in [2.05, 4.69) is 5.32 Å². The van der Waals surface area contributed by atoms with Crippen molar-refractivity contribution in [3.05, 3.63) is 11.6 Å². The van der Waals surface area contributed by atoms with Crippen LogP contribution in [0.1, 0.15) is 26.2 Å². The SMILES string of the molecule is CCC(=CCNCC1CCSCC1)C(=O)O. The van der Waals surface area contributed by atoms with Gasteiger partial charge in [0.15, 0.2) is 0 Å². The average molecular weight is 243 g/mol. The molecule has 0 aromatic heterocycles. The number of hydrogen-bond donors (Lipinski definition) is 2. The van der Waals surface area contributed by atoms with E-state index in [1.165, 1.54) is 24.3 Å². The first-order valence-corrected chi connectivity index (χ1v) is 7.10. The Morgan fingerprint density at radius 2 is 2.19 bits per heavy atom. The minimum Gasteiger partial charge on any atom is -0.478 e. The van der Waals surface area contributed by atoms with Crippen LogP contribution in [0.25, 0.3) is 0 Å². The van der Waals surface area contributed by atoms with Crippen LogP contribution in [0.5, 0.6) is 0 Å². The molecule has 1 fully saturated rings. The van der Waals surface area contributed by atoms with Gasteiger partial charge in [-0.25, -0.2) is 4.79 Å². The minimum atomic E-state index is -0.793. The molecule has 0 aliphatic carbocycles. The van der Waals surface area contributed by atoms with E-state index in [9.17, 15) is 4.79 Å². The third kappa shape index (κ3) is 5.03. The van der Waals surface area contributed by atoms with Crippen molar-refractivity contribution in [1.29, 1.82) is 0 Å². The van der Waals surface area contributed by atoms with Gasteiger partial charge in [0, 0.05) is 12.1 Å². The normalized spacial score (nSPS) is 18.7. The molecule has 0 spiro atoms. The van der Waals surface area contributed by atoms with E-state index in [0.717, 1.165) is 12.5 Å². The summed E-state index contributed by atoms with van der Waals surface area (Å²) in [5.41, 5.74) is 0.506. The molecule has 1 heterocycles. The number of thioether (sulfide) groups is 1. The van der Waals surface area contributed by atoms with Gasteiger partial charge in [-0.1, -0.05) is 13.0 Å². The molecule has 0 aromatic rings. The summed E-state index contributed by atoms with van der Waals surface area (Å²) in [6.07, 6.45) is 4.97.